The van der Waals surface area contributed by atoms with Crippen LogP contribution in [0.15, 0.2) is 0 Å². The molecule has 4 heteroatoms. The van der Waals surface area contributed by atoms with Crippen LogP contribution < -0.4 is 5.32 Å². The molecule has 0 atom stereocenters. The van der Waals surface area contributed by atoms with Gasteiger partial charge >= 0.3 is 0 Å². The van der Waals surface area contributed by atoms with Crippen LogP contribution >= 0.6 is 0 Å². The SMILES string of the molecule is CC(C)(NC1CCOCC1)C(F)F. The first-order chi connectivity index (χ1) is 6.02. The summed E-state index contributed by atoms with van der Waals surface area (Å²) in [6.45, 7) is 4.42. The maximum Gasteiger partial charge on any atom is 0.255 e. The summed E-state index contributed by atoms with van der Waals surface area (Å²) in [4.78, 5) is 0. The summed E-state index contributed by atoms with van der Waals surface area (Å²) >= 11 is 0. The van der Waals surface area contributed by atoms with Crippen LogP contribution in [0, 0.1) is 0 Å². The highest BCUT2D eigenvalue weighted by atomic mass is 19.3. The van der Waals surface area contributed by atoms with Crippen LogP contribution in [0.4, 0.5) is 8.78 Å². The van der Waals surface area contributed by atoms with Crippen molar-refractivity contribution in [2.24, 2.45) is 0 Å². The Morgan fingerprint density at radius 1 is 1.31 bits per heavy atom. The molecule has 2 nitrogen and oxygen atoms in total. The normalized spacial score (nSPS) is 21.0. The monoisotopic (exact) mass is 193 g/mol. The molecule has 1 saturated heterocycles. The highest BCUT2D eigenvalue weighted by Gasteiger charge is 2.32. The van der Waals surface area contributed by atoms with E-state index in [9.17, 15) is 8.78 Å². The molecule has 0 radical (unpaired) electrons. The van der Waals surface area contributed by atoms with Crippen LogP contribution in [0.1, 0.15) is 26.7 Å². The van der Waals surface area contributed by atoms with E-state index in [2.05, 4.69) is 5.32 Å². The van der Waals surface area contributed by atoms with Crippen LogP contribution in [-0.2, 0) is 4.74 Å². The van der Waals surface area contributed by atoms with Crippen molar-refractivity contribution < 1.29 is 13.5 Å². The van der Waals surface area contributed by atoms with Gasteiger partial charge in [0.05, 0.1) is 5.54 Å². The number of rotatable bonds is 3. The molecule has 78 valence electrons. The molecule has 0 saturated carbocycles. The number of hydrogen-bond donors (Lipinski definition) is 1. The molecule has 0 aromatic heterocycles. The third-order valence-electron chi connectivity index (χ3n) is 2.34. The number of alkyl halides is 2. The van der Waals surface area contributed by atoms with Crippen LogP contribution in [0.3, 0.4) is 0 Å². The Labute approximate surface area is 77.6 Å². The molecule has 13 heavy (non-hydrogen) atoms. The summed E-state index contributed by atoms with van der Waals surface area (Å²) in [5.41, 5.74) is -1.08. The van der Waals surface area contributed by atoms with E-state index in [0.29, 0.717) is 13.2 Å². The van der Waals surface area contributed by atoms with Crippen molar-refractivity contribution in [3.8, 4) is 0 Å². The van der Waals surface area contributed by atoms with Crippen LogP contribution in [0.25, 0.3) is 0 Å². The molecule has 1 fully saturated rings. The van der Waals surface area contributed by atoms with Gasteiger partial charge in [0.1, 0.15) is 0 Å². The van der Waals surface area contributed by atoms with Gasteiger partial charge in [0.25, 0.3) is 6.43 Å². The van der Waals surface area contributed by atoms with E-state index in [1.54, 1.807) is 0 Å². The average Bonchev–Trinajstić information content (AvgIpc) is 2.05. The summed E-state index contributed by atoms with van der Waals surface area (Å²) < 4.78 is 30.1. The predicted octanol–water partition coefficient (Wildman–Crippen LogP) is 1.80. The van der Waals surface area contributed by atoms with Crippen molar-refractivity contribution in [3.05, 3.63) is 0 Å². The van der Waals surface area contributed by atoms with E-state index in [-0.39, 0.29) is 6.04 Å². The molecule has 0 spiro atoms. The van der Waals surface area contributed by atoms with E-state index in [1.165, 1.54) is 13.8 Å². The molecule has 1 aliphatic heterocycles. The van der Waals surface area contributed by atoms with E-state index in [4.69, 9.17) is 4.74 Å². The fraction of sp³-hybridized carbons (Fsp3) is 1.00. The standard InChI is InChI=1S/C9H17F2NO/c1-9(2,8(10)11)12-7-3-5-13-6-4-7/h7-8,12H,3-6H2,1-2H3. The molecule has 0 unspecified atom stereocenters. The van der Waals surface area contributed by atoms with Gasteiger partial charge < -0.3 is 10.1 Å². The number of nitrogens with one attached hydrogen (secondary N) is 1. The van der Waals surface area contributed by atoms with Gasteiger partial charge in [-0.2, -0.15) is 0 Å². The molecule has 1 N–H and O–H groups in total. The zero-order chi connectivity index (χ0) is 9.90. The van der Waals surface area contributed by atoms with Crippen molar-refractivity contribution in [2.75, 3.05) is 13.2 Å². The summed E-state index contributed by atoms with van der Waals surface area (Å²) in [6, 6.07) is 0.178. The minimum Gasteiger partial charge on any atom is -0.381 e. The Bertz CT molecular complexity index is 156. The minimum absolute atomic E-state index is 0.178. The van der Waals surface area contributed by atoms with Crippen LogP contribution in [-0.4, -0.2) is 31.2 Å². The molecule has 0 aromatic rings. The first-order valence-corrected chi connectivity index (χ1v) is 4.66. The van der Waals surface area contributed by atoms with Gasteiger partial charge in [-0.3, -0.25) is 0 Å². The lowest BCUT2D eigenvalue weighted by molar-refractivity contribution is 0.0206. The topological polar surface area (TPSA) is 21.3 Å². The first-order valence-electron chi connectivity index (χ1n) is 4.66. The maximum atomic E-state index is 12.5. The number of hydrogen-bond acceptors (Lipinski definition) is 2. The summed E-state index contributed by atoms with van der Waals surface area (Å²) in [6.07, 6.45) is -0.665. The fourth-order valence-corrected chi connectivity index (χ4v) is 1.43. The molecule has 0 aromatic carbocycles. The fourth-order valence-electron chi connectivity index (χ4n) is 1.43. The van der Waals surface area contributed by atoms with Gasteiger partial charge in [0.2, 0.25) is 0 Å². The zero-order valence-corrected chi connectivity index (χ0v) is 8.15. The Morgan fingerprint density at radius 2 is 1.85 bits per heavy atom. The molecule has 0 bridgehead atoms. The molecule has 0 aliphatic carbocycles. The van der Waals surface area contributed by atoms with Crippen LogP contribution in [0.5, 0.6) is 0 Å². The lowest BCUT2D eigenvalue weighted by Gasteiger charge is -2.33. The third kappa shape index (κ3) is 3.19. The van der Waals surface area contributed by atoms with Crippen molar-refractivity contribution in [2.45, 2.75) is 44.7 Å². The summed E-state index contributed by atoms with van der Waals surface area (Å²) in [7, 11) is 0. The lowest BCUT2D eigenvalue weighted by Crippen LogP contribution is -2.52. The third-order valence-corrected chi connectivity index (χ3v) is 2.34. The highest BCUT2D eigenvalue weighted by Crippen LogP contribution is 2.18. The maximum absolute atomic E-state index is 12.5. The number of halogens is 2. The van der Waals surface area contributed by atoms with Gasteiger partial charge in [-0.25, -0.2) is 8.78 Å². The second kappa shape index (κ2) is 4.33. The quantitative estimate of drug-likeness (QED) is 0.738. The van der Waals surface area contributed by atoms with E-state index >= 15 is 0 Å². The second-order valence-electron chi connectivity index (χ2n) is 4.05. The minimum atomic E-state index is -2.32. The molecule has 0 amide bonds. The molecular weight excluding hydrogens is 176 g/mol. The Morgan fingerprint density at radius 3 is 2.31 bits per heavy atom. The van der Waals surface area contributed by atoms with Crippen molar-refractivity contribution in [3.63, 3.8) is 0 Å². The van der Waals surface area contributed by atoms with E-state index in [1.807, 2.05) is 0 Å². The van der Waals surface area contributed by atoms with E-state index in [0.717, 1.165) is 12.8 Å². The predicted molar refractivity (Wildman–Crippen MR) is 47.1 cm³/mol. The highest BCUT2D eigenvalue weighted by molar-refractivity contribution is 4.85. The van der Waals surface area contributed by atoms with Crippen LogP contribution in [0.2, 0.25) is 0 Å². The molecule has 1 aliphatic rings. The van der Waals surface area contributed by atoms with Crippen molar-refractivity contribution in [1.82, 2.24) is 5.32 Å². The van der Waals surface area contributed by atoms with Gasteiger partial charge in [-0.15, -0.1) is 0 Å². The zero-order valence-electron chi connectivity index (χ0n) is 8.15. The molecule has 1 heterocycles. The molecule has 1 rings (SSSR count). The Kier molecular flexibility index (Phi) is 3.62. The van der Waals surface area contributed by atoms with Crippen molar-refractivity contribution in [1.29, 1.82) is 0 Å². The summed E-state index contributed by atoms with van der Waals surface area (Å²) in [5.74, 6) is 0. The Hall–Kier alpha value is -0.220. The largest absolute Gasteiger partial charge is 0.381 e. The van der Waals surface area contributed by atoms with Gasteiger partial charge in [-0.1, -0.05) is 0 Å². The average molecular weight is 193 g/mol. The first kappa shape index (κ1) is 10.9. The second-order valence-corrected chi connectivity index (χ2v) is 4.05. The van der Waals surface area contributed by atoms with Gasteiger partial charge in [-0.05, 0) is 26.7 Å². The van der Waals surface area contributed by atoms with Gasteiger partial charge in [0, 0.05) is 19.3 Å². The summed E-state index contributed by atoms with van der Waals surface area (Å²) in [5, 5.41) is 2.96. The molecular formula is C9H17F2NO. The Balaban J connectivity index is 2.37. The van der Waals surface area contributed by atoms with Gasteiger partial charge in [0.15, 0.2) is 0 Å². The number of ether oxygens (including phenoxy) is 1. The van der Waals surface area contributed by atoms with E-state index < -0.39 is 12.0 Å². The van der Waals surface area contributed by atoms with Crippen molar-refractivity contribution >= 4 is 0 Å². The lowest BCUT2D eigenvalue weighted by atomic mass is 10.0. The smallest absolute Gasteiger partial charge is 0.255 e.